The number of carbonyl (C=O) groups excluding carboxylic acids is 1. The molecule has 98 valence electrons. The normalized spacial score (nSPS) is 16.6. The van der Waals surface area contributed by atoms with Crippen LogP contribution in [-0.4, -0.2) is 6.29 Å². The molecule has 3 rings (SSSR count). The van der Waals surface area contributed by atoms with E-state index in [2.05, 4.69) is 0 Å². The number of fused-ring (bicyclic) bond motifs is 1. The lowest BCUT2D eigenvalue weighted by Crippen LogP contribution is -2.09. The maximum Gasteiger partial charge on any atom is 0.192 e. The van der Waals surface area contributed by atoms with E-state index in [-0.39, 0.29) is 5.43 Å². The van der Waals surface area contributed by atoms with E-state index in [9.17, 15) is 9.59 Å². The van der Waals surface area contributed by atoms with Crippen LogP contribution in [0.15, 0.2) is 33.5 Å². The summed E-state index contributed by atoms with van der Waals surface area (Å²) in [5.74, 6) is 1.07. The van der Waals surface area contributed by atoms with Gasteiger partial charge in [-0.05, 0) is 25.0 Å². The standard InChI is InChI=1S/C16H16O3/c17-10-12-7-4-8-13-14(18)9-15(19-16(12)13)11-5-2-1-3-6-11/h4,7-11H,1-3,5-6H2. The van der Waals surface area contributed by atoms with Gasteiger partial charge in [0.15, 0.2) is 11.7 Å². The fourth-order valence-corrected chi connectivity index (χ4v) is 2.90. The first-order valence-electron chi connectivity index (χ1n) is 6.81. The summed E-state index contributed by atoms with van der Waals surface area (Å²) in [5.41, 5.74) is 0.836. The van der Waals surface area contributed by atoms with E-state index in [1.807, 2.05) is 0 Å². The van der Waals surface area contributed by atoms with Gasteiger partial charge >= 0.3 is 0 Å². The molecular formula is C16H16O3. The second-order valence-corrected chi connectivity index (χ2v) is 5.19. The van der Waals surface area contributed by atoms with Gasteiger partial charge in [-0.2, -0.15) is 0 Å². The minimum absolute atomic E-state index is 0.0504. The molecule has 1 aliphatic carbocycles. The molecule has 1 aliphatic rings. The Kier molecular flexibility index (Phi) is 3.20. The van der Waals surface area contributed by atoms with E-state index in [0.29, 0.717) is 22.5 Å². The Morgan fingerprint density at radius 1 is 1.16 bits per heavy atom. The van der Waals surface area contributed by atoms with Crippen LogP contribution in [0.25, 0.3) is 11.0 Å². The Balaban J connectivity index is 2.16. The molecule has 0 unspecified atom stereocenters. The molecule has 3 heteroatoms. The molecule has 1 saturated carbocycles. The van der Waals surface area contributed by atoms with Crippen molar-refractivity contribution in [1.82, 2.24) is 0 Å². The predicted octanol–water partition coefficient (Wildman–Crippen LogP) is 3.65. The smallest absolute Gasteiger partial charge is 0.192 e. The summed E-state index contributed by atoms with van der Waals surface area (Å²) < 4.78 is 5.87. The predicted molar refractivity (Wildman–Crippen MR) is 73.7 cm³/mol. The molecule has 0 atom stereocenters. The topological polar surface area (TPSA) is 47.3 Å². The van der Waals surface area contributed by atoms with E-state index in [4.69, 9.17) is 4.42 Å². The van der Waals surface area contributed by atoms with Gasteiger partial charge in [0.2, 0.25) is 0 Å². The molecule has 3 nitrogen and oxygen atoms in total. The number of benzene rings is 1. The Bertz CT molecular complexity index is 663. The van der Waals surface area contributed by atoms with Crippen molar-refractivity contribution in [2.45, 2.75) is 38.0 Å². The van der Waals surface area contributed by atoms with Crippen LogP contribution in [-0.2, 0) is 0 Å². The summed E-state index contributed by atoms with van der Waals surface area (Å²) in [7, 11) is 0. The highest BCUT2D eigenvalue weighted by Gasteiger charge is 2.19. The summed E-state index contributed by atoms with van der Waals surface area (Å²) in [6.45, 7) is 0. The molecule has 0 amide bonds. The molecular weight excluding hydrogens is 240 g/mol. The number of hydrogen-bond donors (Lipinski definition) is 0. The first-order chi connectivity index (χ1) is 9.29. The molecule has 2 aromatic rings. The van der Waals surface area contributed by atoms with Crippen molar-refractivity contribution < 1.29 is 9.21 Å². The van der Waals surface area contributed by atoms with Crippen LogP contribution in [0, 0.1) is 0 Å². The third kappa shape index (κ3) is 2.21. The highest BCUT2D eigenvalue weighted by Crippen LogP contribution is 2.33. The van der Waals surface area contributed by atoms with Gasteiger partial charge < -0.3 is 4.42 Å². The van der Waals surface area contributed by atoms with Crippen molar-refractivity contribution in [3.63, 3.8) is 0 Å². The molecule has 1 aromatic carbocycles. The summed E-state index contributed by atoms with van der Waals surface area (Å²) in [6.07, 6.45) is 6.50. The SMILES string of the molecule is O=Cc1cccc2c(=O)cc(C3CCCCC3)oc12. The van der Waals surface area contributed by atoms with Gasteiger partial charge in [0.1, 0.15) is 11.3 Å². The Morgan fingerprint density at radius 2 is 1.95 bits per heavy atom. The average molecular weight is 256 g/mol. The molecule has 19 heavy (non-hydrogen) atoms. The summed E-state index contributed by atoms with van der Waals surface area (Å²) in [4.78, 5) is 23.2. The van der Waals surface area contributed by atoms with Gasteiger partial charge in [0, 0.05) is 12.0 Å². The molecule has 0 N–H and O–H groups in total. The van der Waals surface area contributed by atoms with Crippen LogP contribution in [0.4, 0.5) is 0 Å². The zero-order valence-electron chi connectivity index (χ0n) is 10.7. The van der Waals surface area contributed by atoms with Crippen LogP contribution in [0.5, 0.6) is 0 Å². The lowest BCUT2D eigenvalue weighted by molar-refractivity contribution is 0.112. The summed E-state index contributed by atoms with van der Waals surface area (Å²) in [5, 5.41) is 0.490. The lowest BCUT2D eigenvalue weighted by atomic mass is 9.87. The zero-order chi connectivity index (χ0) is 13.2. The molecule has 1 fully saturated rings. The van der Waals surface area contributed by atoms with E-state index in [1.165, 1.54) is 19.3 Å². The molecule has 1 aromatic heterocycles. The molecule has 1 heterocycles. The third-order valence-corrected chi connectivity index (χ3v) is 3.94. The molecule has 0 aliphatic heterocycles. The molecule has 0 saturated heterocycles. The van der Waals surface area contributed by atoms with Crippen molar-refractivity contribution >= 4 is 17.3 Å². The number of hydrogen-bond acceptors (Lipinski definition) is 3. The Hall–Kier alpha value is -1.90. The fourth-order valence-electron chi connectivity index (χ4n) is 2.90. The van der Waals surface area contributed by atoms with Crippen LogP contribution in [0.2, 0.25) is 0 Å². The van der Waals surface area contributed by atoms with Crippen molar-refractivity contribution in [2.75, 3.05) is 0 Å². The monoisotopic (exact) mass is 256 g/mol. The van der Waals surface area contributed by atoms with Crippen LogP contribution in [0.1, 0.15) is 54.1 Å². The van der Waals surface area contributed by atoms with Gasteiger partial charge in [-0.3, -0.25) is 9.59 Å². The number of aldehydes is 1. The first kappa shape index (κ1) is 12.2. The summed E-state index contributed by atoms with van der Waals surface area (Å²) >= 11 is 0. The van der Waals surface area contributed by atoms with E-state index >= 15 is 0 Å². The fraction of sp³-hybridized carbons (Fsp3) is 0.375. The van der Waals surface area contributed by atoms with Crippen molar-refractivity contribution in [3.05, 3.63) is 45.8 Å². The molecule has 0 bridgehead atoms. The number of rotatable bonds is 2. The largest absolute Gasteiger partial charge is 0.460 e. The second kappa shape index (κ2) is 5.00. The van der Waals surface area contributed by atoms with Crippen LogP contribution >= 0.6 is 0 Å². The van der Waals surface area contributed by atoms with Gasteiger partial charge in [-0.1, -0.05) is 25.3 Å². The van der Waals surface area contributed by atoms with Gasteiger partial charge in [0.05, 0.1) is 10.9 Å². The zero-order valence-corrected chi connectivity index (χ0v) is 10.7. The maximum absolute atomic E-state index is 12.1. The van der Waals surface area contributed by atoms with Gasteiger partial charge in [-0.25, -0.2) is 0 Å². The van der Waals surface area contributed by atoms with Crippen LogP contribution in [0.3, 0.4) is 0 Å². The third-order valence-electron chi connectivity index (χ3n) is 3.94. The van der Waals surface area contributed by atoms with Crippen LogP contribution < -0.4 is 5.43 Å². The molecule has 0 radical (unpaired) electrons. The Labute approximate surface area is 111 Å². The highest BCUT2D eigenvalue weighted by molar-refractivity contribution is 5.94. The Morgan fingerprint density at radius 3 is 2.68 bits per heavy atom. The highest BCUT2D eigenvalue weighted by atomic mass is 16.3. The summed E-state index contributed by atoms with van der Waals surface area (Å²) in [6, 6.07) is 6.71. The van der Waals surface area contributed by atoms with Crippen molar-refractivity contribution in [2.24, 2.45) is 0 Å². The minimum atomic E-state index is -0.0504. The average Bonchev–Trinajstić information content (AvgIpc) is 2.47. The maximum atomic E-state index is 12.1. The van der Waals surface area contributed by atoms with Gasteiger partial charge in [-0.15, -0.1) is 0 Å². The van der Waals surface area contributed by atoms with Gasteiger partial charge in [0.25, 0.3) is 0 Å². The minimum Gasteiger partial charge on any atom is -0.460 e. The molecule has 0 spiro atoms. The number of para-hydroxylation sites is 1. The van der Waals surface area contributed by atoms with E-state index in [1.54, 1.807) is 24.3 Å². The first-order valence-corrected chi connectivity index (χ1v) is 6.81. The lowest BCUT2D eigenvalue weighted by Gasteiger charge is -2.20. The quantitative estimate of drug-likeness (QED) is 0.770. The number of carbonyl (C=O) groups is 1. The second-order valence-electron chi connectivity index (χ2n) is 5.19. The van der Waals surface area contributed by atoms with E-state index in [0.717, 1.165) is 24.9 Å². The van der Waals surface area contributed by atoms with E-state index < -0.39 is 0 Å². The van der Waals surface area contributed by atoms with Crippen molar-refractivity contribution in [3.8, 4) is 0 Å². The van der Waals surface area contributed by atoms with Crippen molar-refractivity contribution in [1.29, 1.82) is 0 Å².